The van der Waals surface area contributed by atoms with Gasteiger partial charge in [0.1, 0.15) is 5.75 Å². The van der Waals surface area contributed by atoms with Crippen molar-refractivity contribution in [2.75, 3.05) is 17.2 Å². The van der Waals surface area contributed by atoms with E-state index in [-0.39, 0.29) is 28.8 Å². The summed E-state index contributed by atoms with van der Waals surface area (Å²) in [6.45, 7) is 18.2. The van der Waals surface area contributed by atoms with Crippen molar-refractivity contribution in [3.05, 3.63) is 135 Å². The molecule has 1 atom stereocenters. The molecule has 0 radical (unpaired) electrons. The zero-order chi connectivity index (χ0) is 43.3. The Morgan fingerprint density at radius 1 is 0.661 bits per heavy atom. The Bertz CT molecular complexity index is 2350. The SMILES string of the molecule is CCC(C)(C)c1ccc(OCCCC(=O)Nc2cccc(NC(=O)C(Cl)(C(=O)C(C)(C)C)n3c(=O)n(-c4ccccc4)n(-c4ccccc4)c3=O)c2)c(C(C)(C)CC)c1. The molecule has 0 aliphatic rings. The van der Waals surface area contributed by atoms with E-state index in [0.717, 1.165) is 33.5 Å². The van der Waals surface area contributed by atoms with E-state index in [1.54, 1.807) is 99.6 Å². The van der Waals surface area contributed by atoms with Gasteiger partial charge < -0.3 is 15.4 Å². The largest absolute Gasteiger partial charge is 0.493 e. The van der Waals surface area contributed by atoms with Gasteiger partial charge in [0.15, 0.2) is 5.78 Å². The molecule has 0 saturated carbocycles. The van der Waals surface area contributed by atoms with Crippen LogP contribution in [0.4, 0.5) is 11.4 Å². The van der Waals surface area contributed by atoms with E-state index in [1.165, 1.54) is 11.6 Å². The Kier molecular flexibility index (Phi) is 13.3. The summed E-state index contributed by atoms with van der Waals surface area (Å²) in [6.07, 6.45) is 2.58. The maximum absolute atomic E-state index is 14.4. The maximum atomic E-state index is 14.4. The lowest BCUT2D eigenvalue weighted by molar-refractivity contribution is -0.138. The molecule has 0 aliphatic heterocycles. The number of para-hydroxylation sites is 2. The Balaban J connectivity index is 1.36. The third kappa shape index (κ3) is 9.46. The summed E-state index contributed by atoms with van der Waals surface area (Å²) in [7, 11) is 0. The topological polar surface area (TPSA) is 133 Å². The quantitative estimate of drug-likeness (QED) is 0.0580. The average molecular weight is 822 g/mol. The summed E-state index contributed by atoms with van der Waals surface area (Å²) < 4.78 is 8.91. The number of alkyl halides is 1. The first-order valence-corrected chi connectivity index (χ1v) is 20.5. The fourth-order valence-corrected chi connectivity index (χ4v) is 7.10. The number of hydrogen-bond donors (Lipinski definition) is 2. The van der Waals surface area contributed by atoms with Gasteiger partial charge in [-0.1, -0.05) is 129 Å². The first-order valence-electron chi connectivity index (χ1n) is 20.1. The second-order valence-corrected chi connectivity index (χ2v) is 17.7. The Hall–Kier alpha value is -5.68. The summed E-state index contributed by atoms with van der Waals surface area (Å²) in [4.78, 5) is 67.6. The second-order valence-electron chi connectivity index (χ2n) is 17.1. The summed E-state index contributed by atoms with van der Waals surface area (Å²) in [5.74, 6) is -1.46. The summed E-state index contributed by atoms with van der Waals surface area (Å²) in [6, 6.07) is 29.5. The lowest BCUT2D eigenvalue weighted by Gasteiger charge is -2.30. The molecule has 1 heterocycles. The van der Waals surface area contributed by atoms with Gasteiger partial charge in [0, 0.05) is 28.8 Å². The van der Waals surface area contributed by atoms with Crippen molar-refractivity contribution >= 4 is 40.6 Å². The molecule has 2 N–H and O–H groups in total. The van der Waals surface area contributed by atoms with Gasteiger partial charge in [-0.2, -0.15) is 9.36 Å². The van der Waals surface area contributed by atoms with Crippen LogP contribution in [0.25, 0.3) is 11.4 Å². The Labute approximate surface area is 351 Å². The van der Waals surface area contributed by atoms with Gasteiger partial charge in [0.25, 0.3) is 10.9 Å². The van der Waals surface area contributed by atoms with Crippen LogP contribution in [0.15, 0.2) is 113 Å². The Morgan fingerprint density at radius 2 is 1.19 bits per heavy atom. The van der Waals surface area contributed by atoms with E-state index in [1.807, 2.05) is 6.07 Å². The zero-order valence-corrected chi connectivity index (χ0v) is 36.3. The Morgan fingerprint density at radius 3 is 1.69 bits per heavy atom. The third-order valence-corrected chi connectivity index (χ3v) is 11.5. The highest BCUT2D eigenvalue weighted by Gasteiger charge is 2.53. The monoisotopic (exact) mass is 821 g/mol. The fraction of sp³-hybridized carbons (Fsp3) is 0.383. The van der Waals surface area contributed by atoms with E-state index in [0.29, 0.717) is 34.7 Å². The van der Waals surface area contributed by atoms with Crippen LogP contribution in [0.5, 0.6) is 5.75 Å². The van der Waals surface area contributed by atoms with Gasteiger partial charge in [0.05, 0.1) is 18.0 Å². The molecule has 0 spiro atoms. The molecule has 0 bridgehead atoms. The first-order chi connectivity index (χ1) is 27.8. The van der Waals surface area contributed by atoms with Crippen molar-refractivity contribution in [3.63, 3.8) is 0 Å². The number of rotatable bonds is 16. The van der Waals surface area contributed by atoms with Crippen LogP contribution in [0, 0.1) is 5.41 Å². The van der Waals surface area contributed by atoms with Gasteiger partial charge in [-0.05, 0) is 84.2 Å². The molecule has 1 aromatic heterocycles. The number of Topliss-reactive ketones (excluding diaryl/α,β-unsaturated/α-hetero) is 1. The number of ketones is 1. The van der Waals surface area contributed by atoms with Gasteiger partial charge in [0.2, 0.25) is 5.91 Å². The fourth-order valence-electron chi connectivity index (χ4n) is 6.63. The number of benzene rings is 4. The van der Waals surface area contributed by atoms with Crippen LogP contribution in [0.1, 0.15) is 99.1 Å². The molecule has 1 unspecified atom stereocenters. The van der Waals surface area contributed by atoms with E-state index in [4.69, 9.17) is 16.3 Å². The number of ether oxygens (including phenoxy) is 1. The van der Waals surface area contributed by atoms with Crippen molar-refractivity contribution in [1.82, 2.24) is 13.9 Å². The highest BCUT2D eigenvalue weighted by atomic mass is 35.5. The number of nitrogens with zero attached hydrogens (tertiary/aromatic N) is 3. The third-order valence-electron chi connectivity index (χ3n) is 11.0. The smallest absolute Gasteiger partial charge is 0.354 e. The molecule has 0 fully saturated rings. The molecular weight excluding hydrogens is 766 g/mol. The minimum atomic E-state index is -2.82. The van der Waals surface area contributed by atoms with Crippen LogP contribution in [0.2, 0.25) is 0 Å². The number of nitrogens with one attached hydrogen (secondary N) is 2. The first kappa shape index (κ1) is 44.4. The summed E-state index contributed by atoms with van der Waals surface area (Å²) in [5, 5.41) is 5.49. The summed E-state index contributed by atoms with van der Waals surface area (Å²) >= 11 is 7.08. The number of aromatic nitrogens is 3. The molecule has 4 aromatic carbocycles. The highest BCUT2D eigenvalue weighted by Crippen LogP contribution is 2.39. The predicted octanol–water partition coefficient (Wildman–Crippen LogP) is 9.11. The molecule has 312 valence electrons. The molecule has 11 nitrogen and oxygen atoms in total. The summed E-state index contributed by atoms with van der Waals surface area (Å²) in [5.41, 5.74) is 0.235. The molecule has 12 heteroatoms. The van der Waals surface area contributed by atoms with Crippen molar-refractivity contribution in [1.29, 1.82) is 0 Å². The van der Waals surface area contributed by atoms with Crippen molar-refractivity contribution in [2.24, 2.45) is 5.41 Å². The van der Waals surface area contributed by atoms with Gasteiger partial charge in [-0.25, -0.2) is 14.2 Å². The minimum absolute atomic E-state index is 0.0349. The lowest BCUT2D eigenvalue weighted by atomic mass is 9.76. The lowest BCUT2D eigenvalue weighted by Crippen LogP contribution is -2.58. The van der Waals surface area contributed by atoms with E-state index < -0.39 is 33.5 Å². The van der Waals surface area contributed by atoms with Crippen LogP contribution >= 0.6 is 11.6 Å². The van der Waals surface area contributed by atoms with Crippen LogP contribution in [0.3, 0.4) is 0 Å². The number of halogens is 1. The number of carbonyl (C=O) groups is 3. The standard InChI is InChI=1S/C47H56ClN5O6/c1-10-45(6,7)32-27-28-38(37(30-32)46(8,9)11-2)59-29-19-26-39(54)49-33-20-18-21-34(31-33)50-41(56)47(48,40(55)44(3,4)5)51-42(57)52(35-22-14-12-15-23-35)53(43(51)58)36-24-16-13-17-25-36/h12-18,20-25,27-28,30-31H,10-11,19,26,29H2,1-9H3,(H,49,54)(H,50,56). The molecule has 2 amide bonds. The maximum Gasteiger partial charge on any atom is 0.354 e. The van der Waals surface area contributed by atoms with Gasteiger partial charge >= 0.3 is 11.4 Å². The van der Waals surface area contributed by atoms with Crippen LogP contribution in [-0.4, -0.2) is 38.1 Å². The van der Waals surface area contributed by atoms with Gasteiger partial charge in [-0.3, -0.25) is 14.4 Å². The number of amides is 2. The molecule has 0 aliphatic carbocycles. The van der Waals surface area contributed by atoms with E-state index in [2.05, 4.69) is 64.3 Å². The number of anilines is 2. The molecule has 5 rings (SSSR count). The molecular formula is C47H56ClN5O6. The van der Waals surface area contributed by atoms with Crippen LogP contribution < -0.4 is 26.7 Å². The minimum Gasteiger partial charge on any atom is -0.493 e. The van der Waals surface area contributed by atoms with Crippen molar-refractivity contribution < 1.29 is 19.1 Å². The van der Waals surface area contributed by atoms with E-state index in [9.17, 15) is 24.0 Å². The number of hydrogen-bond acceptors (Lipinski definition) is 6. The van der Waals surface area contributed by atoms with Crippen molar-refractivity contribution in [3.8, 4) is 17.1 Å². The second kappa shape index (κ2) is 17.7. The van der Waals surface area contributed by atoms with Gasteiger partial charge in [-0.15, -0.1) is 0 Å². The molecule has 0 saturated heterocycles. The molecule has 5 aromatic rings. The van der Waals surface area contributed by atoms with E-state index >= 15 is 0 Å². The normalized spacial score (nSPS) is 13.1. The highest BCUT2D eigenvalue weighted by molar-refractivity contribution is 6.45. The number of carbonyl (C=O) groups excluding carboxylic acids is 3. The predicted molar refractivity (Wildman–Crippen MR) is 235 cm³/mol. The average Bonchev–Trinajstić information content (AvgIpc) is 3.48. The molecule has 59 heavy (non-hydrogen) atoms. The van der Waals surface area contributed by atoms with Crippen molar-refractivity contribution in [2.45, 2.75) is 104 Å². The zero-order valence-electron chi connectivity index (χ0n) is 35.5. The van der Waals surface area contributed by atoms with Crippen LogP contribution in [-0.2, 0) is 30.2 Å².